The molecular weight excluding hydrogens is 248 g/mol. The van der Waals surface area contributed by atoms with Crippen LogP contribution in [-0.2, 0) is 4.74 Å². The smallest absolute Gasteiger partial charge is 0.0462 e. The lowest BCUT2D eigenvalue weighted by atomic mass is 10.0. The minimum Gasteiger partial charge on any atom is -0.385 e. The van der Waals surface area contributed by atoms with E-state index in [1.54, 1.807) is 7.11 Å². The summed E-state index contributed by atoms with van der Waals surface area (Å²) in [5.41, 5.74) is 1.41. The molecule has 0 spiro atoms. The van der Waals surface area contributed by atoms with Gasteiger partial charge < -0.3 is 10.1 Å². The van der Waals surface area contributed by atoms with Gasteiger partial charge in [-0.05, 0) is 31.4 Å². The van der Waals surface area contributed by atoms with E-state index in [4.69, 9.17) is 4.74 Å². The first-order valence-electron chi connectivity index (χ1n) is 7.86. The largest absolute Gasteiger partial charge is 0.385 e. The van der Waals surface area contributed by atoms with Crippen LogP contribution in [-0.4, -0.2) is 44.3 Å². The van der Waals surface area contributed by atoms with Gasteiger partial charge in [0, 0.05) is 38.9 Å². The molecule has 1 aliphatic heterocycles. The van der Waals surface area contributed by atoms with E-state index in [0.717, 1.165) is 26.1 Å². The van der Waals surface area contributed by atoms with Crippen LogP contribution in [0.3, 0.4) is 0 Å². The van der Waals surface area contributed by atoms with E-state index in [9.17, 15) is 0 Å². The molecule has 0 amide bonds. The second-order valence-electron chi connectivity index (χ2n) is 5.63. The van der Waals surface area contributed by atoms with Gasteiger partial charge in [0.1, 0.15) is 0 Å². The first-order valence-corrected chi connectivity index (χ1v) is 7.86. The summed E-state index contributed by atoms with van der Waals surface area (Å²) in [6.07, 6.45) is 3.61. The monoisotopic (exact) mass is 276 g/mol. The first-order chi connectivity index (χ1) is 9.85. The molecule has 1 aromatic rings. The van der Waals surface area contributed by atoms with Crippen molar-refractivity contribution >= 4 is 0 Å². The summed E-state index contributed by atoms with van der Waals surface area (Å²) in [7, 11) is 1.78. The topological polar surface area (TPSA) is 24.5 Å². The molecule has 1 aromatic carbocycles. The molecule has 1 fully saturated rings. The van der Waals surface area contributed by atoms with E-state index in [2.05, 4.69) is 47.5 Å². The maximum absolute atomic E-state index is 5.14. The number of ether oxygens (including phenoxy) is 1. The minimum absolute atomic E-state index is 0.474. The second kappa shape index (κ2) is 8.40. The molecule has 3 nitrogen and oxygen atoms in total. The Bertz CT molecular complexity index is 369. The van der Waals surface area contributed by atoms with Crippen molar-refractivity contribution in [2.75, 3.05) is 33.4 Å². The number of hydrogen-bond acceptors (Lipinski definition) is 3. The lowest BCUT2D eigenvalue weighted by Gasteiger charge is -2.40. The Kier molecular flexibility index (Phi) is 6.51. The molecule has 0 aliphatic carbocycles. The quantitative estimate of drug-likeness (QED) is 0.775. The molecular formula is C17H28N2O. The standard InChI is InChI=1S/C17H28N2O/c1-3-16-13-18-17(15-9-5-4-6-10-15)14-19(16)11-7-8-12-20-2/h4-6,9-10,16-18H,3,7-8,11-14H2,1-2H3. The summed E-state index contributed by atoms with van der Waals surface area (Å²) in [5, 5.41) is 3.70. The van der Waals surface area contributed by atoms with Crippen molar-refractivity contribution in [1.82, 2.24) is 10.2 Å². The van der Waals surface area contributed by atoms with Crippen molar-refractivity contribution in [2.45, 2.75) is 38.3 Å². The van der Waals surface area contributed by atoms with Gasteiger partial charge in [-0.2, -0.15) is 0 Å². The fraction of sp³-hybridized carbons (Fsp3) is 0.647. The number of nitrogens with zero attached hydrogens (tertiary/aromatic N) is 1. The summed E-state index contributed by atoms with van der Waals surface area (Å²) in [6, 6.07) is 12.0. The highest BCUT2D eigenvalue weighted by atomic mass is 16.5. The molecule has 0 saturated carbocycles. The van der Waals surface area contributed by atoms with Gasteiger partial charge in [0.15, 0.2) is 0 Å². The highest BCUT2D eigenvalue weighted by Gasteiger charge is 2.26. The molecule has 0 bridgehead atoms. The highest BCUT2D eigenvalue weighted by molar-refractivity contribution is 5.20. The van der Waals surface area contributed by atoms with E-state index in [0.29, 0.717) is 12.1 Å². The van der Waals surface area contributed by atoms with Gasteiger partial charge in [0.2, 0.25) is 0 Å². The Balaban J connectivity index is 1.89. The van der Waals surface area contributed by atoms with Gasteiger partial charge >= 0.3 is 0 Å². The normalized spacial score (nSPS) is 23.9. The van der Waals surface area contributed by atoms with Crippen molar-refractivity contribution in [1.29, 1.82) is 0 Å². The summed E-state index contributed by atoms with van der Waals surface area (Å²) < 4.78 is 5.14. The predicted molar refractivity (Wildman–Crippen MR) is 83.9 cm³/mol. The molecule has 112 valence electrons. The van der Waals surface area contributed by atoms with Crippen LogP contribution in [0.5, 0.6) is 0 Å². The van der Waals surface area contributed by atoms with Crippen LogP contribution in [0.15, 0.2) is 30.3 Å². The van der Waals surface area contributed by atoms with E-state index in [1.807, 2.05) is 0 Å². The molecule has 0 aromatic heterocycles. The van der Waals surface area contributed by atoms with Crippen molar-refractivity contribution in [3.63, 3.8) is 0 Å². The summed E-state index contributed by atoms with van der Waals surface area (Å²) in [4.78, 5) is 2.66. The van der Waals surface area contributed by atoms with E-state index < -0.39 is 0 Å². The Morgan fingerprint density at radius 3 is 2.75 bits per heavy atom. The molecule has 1 aliphatic rings. The molecule has 2 unspecified atom stereocenters. The van der Waals surface area contributed by atoms with Crippen LogP contribution in [0.4, 0.5) is 0 Å². The molecule has 2 atom stereocenters. The van der Waals surface area contributed by atoms with Gasteiger partial charge in [-0.3, -0.25) is 4.90 Å². The zero-order chi connectivity index (χ0) is 14.2. The third kappa shape index (κ3) is 4.30. The van der Waals surface area contributed by atoms with Crippen LogP contribution >= 0.6 is 0 Å². The zero-order valence-corrected chi connectivity index (χ0v) is 12.8. The average molecular weight is 276 g/mol. The van der Waals surface area contributed by atoms with Gasteiger partial charge in [0.25, 0.3) is 0 Å². The van der Waals surface area contributed by atoms with E-state index in [1.165, 1.54) is 24.9 Å². The summed E-state index contributed by atoms with van der Waals surface area (Å²) >= 11 is 0. The van der Waals surface area contributed by atoms with Gasteiger partial charge in [-0.15, -0.1) is 0 Å². The van der Waals surface area contributed by atoms with Gasteiger partial charge in [-0.1, -0.05) is 37.3 Å². The number of benzene rings is 1. The van der Waals surface area contributed by atoms with Crippen molar-refractivity contribution in [3.05, 3.63) is 35.9 Å². The molecule has 1 heterocycles. The van der Waals surface area contributed by atoms with Crippen molar-refractivity contribution < 1.29 is 4.74 Å². The number of hydrogen-bond donors (Lipinski definition) is 1. The van der Waals surface area contributed by atoms with E-state index in [-0.39, 0.29) is 0 Å². The second-order valence-corrected chi connectivity index (χ2v) is 5.63. The first kappa shape index (κ1) is 15.5. The number of unbranched alkanes of at least 4 members (excludes halogenated alkanes) is 1. The summed E-state index contributed by atoms with van der Waals surface area (Å²) in [5.74, 6) is 0. The molecule has 1 N–H and O–H groups in total. The van der Waals surface area contributed by atoms with Crippen molar-refractivity contribution in [2.24, 2.45) is 0 Å². The zero-order valence-electron chi connectivity index (χ0n) is 12.8. The Morgan fingerprint density at radius 1 is 1.25 bits per heavy atom. The summed E-state index contributed by atoms with van der Waals surface area (Å²) in [6.45, 7) is 6.57. The SMILES string of the molecule is CCC1CNC(c2ccccc2)CN1CCCCOC. The van der Waals surface area contributed by atoms with E-state index >= 15 is 0 Å². The molecule has 1 saturated heterocycles. The Morgan fingerprint density at radius 2 is 2.05 bits per heavy atom. The maximum Gasteiger partial charge on any atom is 0.0462 e. The Hall–Kier alpha value is -0.900. The van der Waals surface area contributed by atoms with Crippen LogP contribution < -0.4 is 5.32 Å². The van der Waals surface area contributed by atoms with Crippen LogP contribution in [0.25, 0.3) is 0 Å². The molecule has 2 rings (SSSR count). The third-order valence-electron chi connectivity index (χ3n) is 4.25. The highest BCUT2D eigenvalue weighted by Crippen LogP contribution is 2.21. The minimum atomic E-state index is 0.474. The van der Waals surface area contributed by atoms with Crippen LogP contribution in [0.2, 0.25) is 0 Å². The number of nitrogens with one attached hydrogen (secondary N) is 1. The molecule has 0 radical (unpaired) electrons. The lowest BCUT2D eigenvalue weighted by molar-refractivity contribution is 0.118. The van der Waals surface area contributed by atoms with Crippen molar-refractivity contribution in [3.8, 4) is 0 Å². The lowest BCUT2D eigenvalue weighted by Crippen LogP contribution is -2.52. The fourth-order valence-corrected chi connectivity index (χ4v) is 3.00. The predicted octanol–water partition coefficient (Wildman–Crippen LogP) is 2.84. The number of rotatable bonds is 7. The maximum atomic E-state index is 5.14. The molecule has 20 heavy (non-hydrogen) atoms. The van der Waals surface area contributed by atoms with Gasteiger partial charge in [0.05, 0.1) is 0 Å². The van der Waals surface area contributed by atoms with Crippen LogP contribution in [0.1, 0.15) is 37.8 Å². The van der Waals surface area contributed by atoms with Gasteiger partial charge in [-0.25, -0.2) is 0 Å². The van der Waals surface area contributed by atoms with Crippen LogP contribution in [0, 0.1) is 0 Å². The fourth-order valence-electron chi connectivity index (χ4n) is 3.00. The molecule has 3 heteroatoms. The Labute approximate surface area is 123 Å². The number of piperazine rings is 1. The number of methoxy groups -OCH3 is 1. The third-order valence-corrected chi connectivity index (χ3v) is 4.25. The average Bonchev–Trinajstić information content (AvgIpc) is 2.52.